The van der Waals surface area contributed by atoms with Crippen LogP contribution in [-0.2, 0) is 0 Å². The van der Waals surface area contributed by atoms with Crippen molar-refractivity contribution in [2.75, 3.05) is 19.3 Å². The topological polar surface area (TPSA) is 84.3 Å². The summed E-state index contributed by atoms with van der Waals surface area (Å²) in [5, 5.41) is 13.0. The van der Waals surface area contributed by atoms with Crippen molar-refractivity contribution in [3.05, 3.63) is 21.4 Å². The number of carbonyl (C=O) groups excluding carboxylic acids is 1. The summed E-state index contributed by atoms with van der Waals surface area (Å²) >= 11 is 13.5. The highest BCUT2D eigenvalue weighted by Crippen LogP contribution is 2.29. The van der Waals surface area contributed by atoms with E-state index in [0.717, 1.165) is 25.9 Å². The molecule has 1 saturated heterocycles. The Morgan fingerprint density at radius 2 is 2.09 bits per heavy atom. The van der Waals surface area contributed by atoms with Crippen LogP contribution in [0.1, 0.15) is 29.0 Å². The van der Waals surface area contributed by atoms with Crippen LogP contribution in [0.15, 0.2) is 4.99 Å². The second-order valence-electron chi connectivity index (χ2n) is 5.19. The van der Waals surface area contributed by atoms with E-state index in [1.807, 2.05) is 12.4 Å². The van der Waals surface area contributed by atoms with Crippen molar-refractivity contribution in [1.82, 2.24) is 15.2 Å². The molecule has 0 spiro atoms. The van der Waals surface area contributed by atoms with Crippen LogP contribution in [0, 0.1) is 18.4 Å². The monoisotopic (exact) mass is 373 g/mol. The molecule has 2 N–H and O–H groups in total. The summed E-state index contributed by atoms with van der Waals surface area (Å²) in [5.74, 6) is -0.251. The number of hydrogen-bond donors (Lipinski definition) is 2. The number of carbonyl (C=O) groups is 1. The first-order valence-corrected chi connectivity index (χ1v) is 9.06. The molecule has 0 aromatic carbocycles. The van der Waals surface area contributed by atoms with E-state index in [-0.39, 0.29) is 17.0 Å². The fourth-order valence-electron chi connectivity index (χ4n) is 2.49. The van der Waals surface area contributed by atoms with Gasteiger partial charge >= 0.3 is 0 Å². The van der Waals surface area contributed by atoms with Crippen molar-refractivity contribution in [3.8, 4) is 6.19 Å². The van der Waals surface area contributed by atoms with Gasteiger partial charge in [0.15, 0.2) is 5.17 Å². The van der Waals surface area contributed by atoms with Crippen LogP contribution in [0.3, 0.4) is 0 Å². The van der Waals surface area contributed by atoms with Crippen LogP contribution in [-0.4, -0.2) is 46.3 Å². The van der Waals surface area contributed by atoms with E-state index in [1.54, 1.807) is 6.92 Å². The molecule has 1 fully saturated rings. The Labute approximate surface area is 149 Å². The number of halogens is 2. The van der Waals surface area contributed by atoms with Gasteiger partial charge in [-0.15, -0.1) is 4.99 Å². The number of likely N-dealkylation sites (tertiary alicyclic amines) is 1. The number of hydrogen-bond acceptors (Lipinski definition) is 4. The standard InChI is InChI=1S/C14H17Cl2N5OS/c1-8-10(15)11(16)12(19-8)13(22)20-9-3-5-21(6-4-9)14(23-2)18-7-17/h9,19H,3-6H2,1-2H3,(H,20,22)/b18-14-. The fourth-order valence-corrected chi connectivity index (χ4v) is 3.48. The van der Waals surface area contributed by atoms with Gasteiger partial charge in [0.2, 0.25) is 6.19 Å². The molecule has 0 radical (unpaired) electrons. The van der Waals surface area contributed by atoms with Gasteiger partial charge in [0.05, 0.1) is 10.0 Å². The van der Waals surface area contributed by atoms with Crippen molar-refractivity contribution in [1.29, 1.82) is 5.26 Å². The number of amidine groups is 1. The maximum Gasteiger partial charge on any atom is 0.269 e. The van der Waals surface area contributed by atoms with E-state index in [9.17, 15) is 4.79 Å². The van der Waals surface area contributed by atoms with Gasteiger partial charge in [-0.05, 0) is 26.0 Å². The molecule has 0 saturated carbocycles. The molecule has 124 valence electrons. The van der Waals surface area contributed by atoms with Crippen LogP contribution >= 0.6 is 35.0 Å². The lowest BCUT2D eigenvalue weighted by Gasteiger charge is -2.33. The van der Waals surface area contributed by atoms with Crippen LogP contribution in [0.2, 0.25) is 10.0 Å². The third kappa shape index (κ3) is 4.14. The molecule has 1 aromatic rings. The number of nitrogens with one attached hydrogen (secondary N) is 2. The Balaban J connectivity index is 1.94. The molecule has 0 atom stereocenters. The van der Waals surface area contributed by atoms with Crippen LogP contribution in [0.5, 0.6) is 0 Å². The van der Waals surface area contributed by atoms with Gasteiger partial charge in [0.1, 0.15) is 5.69 Å². The lowest BCUT2D eigenvalue weighted by Crippen LogP contribution is -2.46. The van der Waals surface area contributed by atoms with Crippen molar-refractivity contribution >= 4 is 46.0 Å². The quantitative estimate of drug-likeness (QED) is 0.474. The Morgan fingerprint density at radius 1 is 1.43 bits per heavy atom. The minimum Gasteiger partial charge on any atom is -0.352 e. The van der Waals surface area contributed by atoms with Gasteiger partial charge in [-0.2, -0.15) is 5.26 Å². The first kappa shape index (κ1) is 18.0. The smallest absolute Gasteiger partial charge is 0.269 e. The van der Waals surface area contributed by atoms with Crippen LogP contribution in [0.4, 0.5) is 0 Å². The minimum atomic E-state index is -0.251. The lowest BCUT2D eigenvalue weighted by molar-refractivity contribution is 0.0918. The number of aromatic amines is 1. The summed E-state index contributed by atoms with van der Waals surface area (Å²) in [6.07, 6.45) is 5.27. The lowest BCUT2D eigenvalue weighted by atomic mass is 10.1. The molecule has 2 rings (SSSR count). The van der Waals surface area contributed by atoms with Gasteiger partial charge in [-0.25, -0.2) is 0 Å². The van der Waals surface area contributed by atoms with Crippen LogP contribution in [0.25, 0.3) is 0 Å². The second-order valence-corrected chi connectivity index (χ2v) is 6.72. The largest absolute Gasteiger partial charge is 0.352 e. The maximum absolute atomic E-state index is 12.3. The number of aryl methyl sites for hydroxylation is 1. The van der Waals surface area contributed by atoms with Gasteiger partial charge in [0, 0.05) is 24.8 Å². The average molecular weight is 374 g/mol. The van der Waals surface area contributed by atoms with E-state index in [0.29, 0.717) is 21.6 Å². The zero-order valence-corrected chi connectivity index (χ0v) is 15.1. The Kier molecular flexibility index (Phi) is 6.22. The Hall–Kier alpha value is -1.36. The number of thioether (sulfide) groups is 1. The number of nitrogens with zero attached hydrogens (tertiary/aromatic N) is 3. The number of rotatable bonds is 2. The third-order valence-electron chi connectivity index (χ3n) is 3.71. The molecule has 1 aromatic heterocycles. The van der Waals surface area contributed by atoms with Crippen molar-refractivity contribution in [2.45, 2.75) is 25.8 Å². The van der Waals surface area contributed by atoms with Gasteiger partial charge < -0.3 is 15.2 Å². The van der Waals surface area contributed by atoms with Gasteiger partial charge in [0.25, 0.3) is 5.91 Å². The van der Waals surface area contributed by atoms with E-state index in [4.69, 9.17) is 28.5 Å². The van der Waals surface area contributed by atoms with E-state index in [1.165, 1.54) is 11.8 Å². The Morgan fingerprint density at radius 3 is 2.57 bits per heavy atom. The molecule has 1 aliphatic heterocycles. The highest BCUT2D eigenvalue weighted by Gasteiger charge is 2.25. The van der Waals surface area contributed by atoms with Crippen LogP contribution < -0.4 is 5.32 Å². The second kappa shape index (κ2) is 7.95. The van der Waals surface area contributed by atoms with Crippen molar-refractivity contribution in [2.24, 2.45) is 4.99 Å². The first-order chi connectivity index (χ1) is 11.0. The van der Waals surface area contributed by atoms with E-state index < -0.39 is 0 Å². The summed E-state index contributed by atoms with van der Waals surface area (Å²) in [6, 6.07) is 0.0578. The highest BCUT2D eigenvalue weighted by molar-refractivity contribution is 8.13. The number of aliphatic imine (C=N–C) groups is 1. The summed E-state index contributed by atoms with van der Waals surface area (Å²) < 4.78 is 0. The average Bonchev–Trinajstić information content (AvgIpc) is 2.81. The normalized spacial score (nSPS) is 16.3. The highest BCUT2D eigenvalue weighted by atomic mass is 35.5. The molecule has 9 heteroatoms. The number of aromatic nitrogens is 1. The molecule has 6 nitrogen and oxygen atoms in total. The zero-order chi connectivity index (χ0) is 17.0. The molecule has 23 heavy (non-hydrogen) atoms. The van der Waals surface area contributed by atoms with E-state index in [2.05, 4.69) is 20.2 Å². The summed E-state index contributed by atoms with van der Waals surface area (Å²) in [6.45, 7) is 3.25. The predicted octanol–water partition coefficient (Wildman–Crippen LogP) is 3.02. The summed E-state index contributed by atoms with van der Waals surface area (Å²) in [4.78, 5) is 21.1. The Bertz CT molecular complexity index is 659. The molecule has 2 heterocycles. The third-order valence-corrected chi connectivity index (χ3v) is 5.37. The molecule has 0 aliphatic carbocycles. The molecule has 1 amide bonds. The predicted molar refractivity (Wildman–Crippen MR) is 94.2 cm³/mol. The van der Waals surface area contributed by atoms with Gasteiger partial charge in [-0.1, -0.05) is 35.0 Å². The summed E-state index contributed by atoms with van der Waals surface area (Å²) in [7, 11) is 0. The summed E-state index contributed by atoms with van der Waals surface area (Å²) in [5.41, 5.74) is 0.974. The zero-order valence-electron chi connectivity index (χ0n) is 12.8. The first-order valence-electron chi connectivity index (χ1n) is 7.08. The van der Waals surface area contributed by atoms with Crippen molar-refractivity contribution < 1.29 is 4.79 Å². The maximum atomic E-state index is 12.3. The number of nitriles is 1. The molecule has 0 bridgehead atoms. The van der Waals surface area contributed by atoms with Crippen molar-refractivity contribution in [3.63, 3.8) is 0 Å². The fraction of sp³-hybridized carbons (Fsp3) is 0.500. The SMILES string of the molecule is CS/C(=N\C#N)N1CCC(NC(=O)c2[nH]c(C)c(Cl)c2Cl)CC1. The molecule has 1 aliphatic rings. The number of amides is 1. The van der Waals surface area contributed by atoms with E-state index >= 15 is 0 Å². The molecule has 0 unspecified atom stereocenters. The molecular weight excluding hydrogens is 357 g/mol. The van der Waals surface area contributed by atoms with Gasteiger partial charge in [-0.3, -0.25) is 4.79 Å². The minimum absolute atomic E-state index is 0.0578. The number of piperidine rings is 1. The molecular formula is C14H17Cl2N5OS. The number of H-pyrrole nitrogens is 1.